The smallest absolute Gasteiger partial charge is 0.143 e. The Bertz CT molecular complexity index is 800. The number of nitrogens with zero attached hydrogens (tertiary/aromatic N) is 3. The van der Waals surface area contributed by atoms with E-state index in [9.17, 15) is 5.11 Å². The lowest BCUT2D eigenvalue weighted by atomic mass is 10.1. The number of aliphatic hydroxyl groups excluding tert-OH is 1. The fraction of sp³-hybridized carbons (Fsp3) is 0.125. The standard InChI is InChI=1S/C16H13N3O/c1-19-14-9-11(10-17)7-8-13(14)18-16(19)15(20)12-5-3-2-4-6-12/h2-9,15,20H,1H3. The number of aromatic nitrogens is 2. The number of benzene rings is 2. The summed E-state index contributed by atoms with van der Waals surface area (Å²) in [5.41, 5.74) is 3.00. The number of rotatable bonds is 2. The van der Waals surface area contributed by atoms with E-state index in [0.29, 0.717) is 11.4 Å². The molecule has 0 aliphatic heterocycles. The van der Waals surface area contributed by atoms with Gasteiger partial charge in [-0.1, -0.05) is 30.3 Å². The molecular formula is C16H13N3O. The molecule has 4 heteroatoms. The second-order valence-electron chi connectivity index (χ2n) is 4.66. The van der Waals surface area contributed by atoms with Crippen LogP contribution in [0.25, 0.3) is 11.0 Å². The summed E-state index contributed by atoms with van der Waals surface area (Å²) in [5.74, 6) is 0.571. The minimum absolute atomic E-state index is 0.571. The van der Waals surface area contributed by atoms with Crippen LogP contribution in [0.3, 0.4) is 0 Å². The highest BCUT2D eigenvalue weighted by Gasteiger charge is 2.17. The van der Waals surface area contributed by atoms with E-state index in [-0.39, 0.29) is 0 Å². The number of aliphatic hydroxyl groups is 1. The third-order valence-corrected chi connectivity index (χ3v) is 3.40. The molecule has 3 rings (SSSR count). The molecule has 20 heavy (non-hydrogen) atoms. The number of fused-ring (bicyclic) bond motifs is 1. The van der Waals surface area contributed by atoms with Crippen molar-refractivity contribution in [2.75, 3.05) is 0 Å². The zero-order valence-electron chi connectivity index (χ0n) is 11.0. The van der Waals surface area contributed by atoms with Crippen LogP contribution in [0.2, 0.25) is 0 Å². The summed E-state index contributed by atoms with van der Waals surface area (Å²) in [6.45, 7) is 0. The van der Waals surface area contributed by atoms with E-state index in [1.807, 2.05) is 41.9 Å². The van der Waals surface area contributed by atoms with Gasteiger partial charge in [0.2, 0.25) is 0 Å². The highest BCUT2D eigenvalue weighted by Crippen LogP contribution is 2.25. The Balaban J connectivity index is 2.13. The number of aryl methyl sites for hydroxylation is 1. The maximum atomic E-state index is 10.5. The molecule has 1 atom stereocenters. The minimum Gasteiger partial charge on any atom is -0.380 e. The van der Waals surface area contributed by atoms with Crippen molar-refractivity contribution in [3.63, 3.8) is 0 Å². The van der Waals surface area contributed by atoms with Crippen molar-refractivity contribution in [3.8, 4) is 6.07 Å². The van der Waals surface area contributed by atoms with Crippen LogP contribution in [0.4, 0.5) is 0 Å². The van der Waals surface area contributed by atoms with Crippen molar-refractivity contribution < 1.29 is 5.11 Å². The molecule has 0 aliphatic rings. The van der Waals surface area contributed by atoms with Gasteiger partial charge in [0.1, 0.15) is 11.9 Å². The topological polar surface area (TPSA) is 61.8 Å². The lowest BCUT2D eigenvalue weighted by Gasteiger charge is -2.10. The summed E-state index contributed by atoms with van der Waals surface area (Å²) < 4.78 is 1.83. The maximum Gasteiger partial charge on any atom is 0.143 e. The molecule has 4 nitrogen and oxygen atoms in total. The number of imidazole rings is 1. The van der Waals surface area contributed by atoms with E-state index in [4.69, 9.17) is 5.26 Å². The first-order chi connectivity index (χ1) is 9.70. The van der Waals surface area contributed by atoms with Crippen LogP contribution in [-0.2, 0) is 7.05 Å². The summed E-state index contributed by atoms with van der Waals surface area (Å²) in [7, 11) is 1.85. The second-order valence-corrected chi connectivity index (χ2v) is 4.66. The first-order valence-corrected chi connectivity index (χ1v) is 6.30. The first kappa shape index (κ1) is 12.4. The van der Waals surface area contributed by atoms with Gasteiger partial charge in [-0.15, -0.1) is 0 Å². The number of nitriles is 1. The van der Waals surface area contributed by atoms with Crippen molar-refractivity contribution in [3.05, 3.63) is 65.5 Å². The van der Waals surface area contributed by atoms with Crippen LogP contribution in [0.5, 0.6) is 0 Å². The number of hydrogen-bond donors (Lipinski definition) is 1. The van der Waals surface area contributed by atoms with E-state index >= 15 is 0 Å². The van der Waals surface area contributed by atoms with Crippen molar-refractivity contribution >= 4 is 11.0 Å². The lowest BCUT2D eigenvalue weighted by Crippen LogP contribution is -2.06. The molecule has 98 valence electrons. The molecule has 0 fully saturated rings. The van der Waals surface area contributed by atoms with Gasteiger partial charge in [-0.25, -0.2) is 4.98 Å². The highest BCUT2D eigenvalue weighted by molar-refractivity contribution is 5.77. The molecule has 0 spiro atoms. The predicted molar refractivity (Wildman–Crippen MR) is 75.9 cm³/mol. The molecule has 3 aromatic rings. The fourth-order valence-corrected chi connectivity index (χ4v) is 2.31. The van der Waals surface area contributed by atoms with Crippen molar-refractivity contribution in [1.29, 1.82) is 5.26 Å². The molecule has 1 unspecified atom stereocenters. The van der Waals surface area contributed by atoms with Crippen LogP contribution in [0.15, 0.2) is 48.5 Å². The third-order valence-electron chi connectivity index (χ3n) is 3.40. The molecule has 1 aromatic heterocycles. The van der Waals surface area contributed by atoms with Gasteiger partial charge in [0.05, 0.1) is 22.7 Å². The van der Waals surface area contributed by atoms with Crippen LogP contribution in [-0.4, -0.2) is 14.7 Å². The molecule has 0 bridgehead atoms. The Labute approximate surface area is 116 Å². The van der Waals surface area contributed by atoms with Crippen LogP contribution >= 0.6 is 0 Å². The van der Waals surface area contributed by atoms with Crippen LogP contribution in [0.1, 0.15) is 23.1 Å². The van der Waals surface area contributed by atoms with Crippen molar-refractivity contribution in [1.82, 2.24) is 9.55 Å². The summed E-state index contributed by atoms with van der Waals surface area (Å²) in [4.78, 5) is 4.47. The first-order valence-electron chi connectivity index (χ1n) is 6.30. The van der Waals surface area contributed by atoms with E-state index in [1.165, 1.54) is 0 Å². The lowest BCUT2D eigenvalue weighted by molar-refractivity contribution is 0.207. The molecule has 0 aliphatic carbocycles. The molecule has 0 radical (unpaired) electrons. The Morgan fingerprint density at radius 1 is 1.20 bits per heavy atom. The van der Waals surface area contributed by atoms with Gasteiger partial charge >= 0.3 is 0 Å². The third kappa shape index (κ3) is 1.94. The Morgan fingerprint density at radius 3 is 2.65 bits per heavy atom. The summed E-state index contributed by atoms with van der Waals surface area (Å²) in [6.07, 6.45) is -0.779. The molecule has 0 amide bonds. The quantitative estimate of drug-likeness (QED) is 0.772. The minimum atomic E-state index is -0.779. The molecule has 0 saturated heterocycles. The molecule has 1 heterocycles. The second kappa shape index (κ2) is 4.80. The average Bonchev–Trinajstić information content (AvgIpc) is 2.84. The largest absolute Gasteiger partial charge is 0.380 e. The van der Waals surface area contributed by atoms with Gasteiger partial charge < -0.3 is 9.67 Å². The molecule has 0 saturated carbocycles. The maximum absolute atomic E-state index is 10.5. The number of hydrogen-bond acceptors (Lipinski definition) is 3. The highest BCUT2D eigenvalue weighted by atomic mass is 16.3. The zero-order valence-corrected chi connectivity index (χ0v) is 11.0. The monoisotopic (exact) mass is 263 g/mol. The van der Waals surface area contributed by atoms with E-state index < -0.39 is 6.10 Å². The Kier molecular flexibility index (Phi) is 2.97. The Morgan fingerprint density at radius 2 is 1.95 bits per heavy atom. The van der Waals surface area contributed by atoms with Gasteiger partial charge in [-0.3, -0.25) is 0 Å². The van der Waals surface area contributed by atoms with Gasteiger partial charge in [-0.05, 0) is 23.8 Å². The zero-order chi connectivity index (χ0) is 14.1. The van der Waals surface area contributed by atoms with Crippen LogP contribution in [0, 0.1) is 11.3 Å². The van der Waals surface area contributed by atoms with E-state index in [2.05, 4.69) is 11.1 Å². The average molecular weight is 263 g/mol. The van der Waals surface area contributed by atoms with Gasteiger partial charge in [-0.2, -0.15) is 5.26 Å². The normalized spacial score (nSPS) is 12.2. The molecule has 2 aromatic carbocycles. The van der Waals surface area contributed by atoms with E-state index in [0.717, 1.165) is 16.6 Å². The fourth-order valence-electron chi connectivity index (χ4n) is 2.31. The Hall–Kier alpha value is -2.64. The van der Waals surface area contributed by atoms with Gasteiger partial charge in [0.25, 0.3) is 0 Å². The van der Waals surface area contributed by atoms with Crippen molar-refractivity contribution in [2.45, 2.75) is 6.10 Å². The van der Waals surface area contributed by atoms with Crippen molar-refractivity contribution in [2.24, 2.45) is 7.05 Å². The van der Waals surface area contributed by atoms with E-state index in [1.54, 1.807) is 18.2 Å². The molecule has 1 N–H and O–H groups in total. The van der Waals surface area contributed by atoms with Gasteiger partial charge in [0, 0.05) is 7.05 Å². The summed E-state index contributed by atoms with van der Waals surface area (Å²) >= 11 is 0. The summed E-state index contributed by atoms with van der Waals surface area (Å²) in [5, 5.41) is 19.4. The SMILES string of the molecule is Cn1c(C(O)c2ccccc2)nc2ccc(C#N)cc21. The predicted octanol–water partition coefficient (Wildman–Crippen LogP) is 2.53. The summed E-state index contributed by atoms with van der Waals surface area (Å²) in [6, 6.07) is 16.8. The van der Waals surface area contributed by atoms with Gasteiger partial charge in [0.15, 0.2) is 0 Å². The molecular weight excluding hydrogens is 250 g/mol. The van der Waals surface area contributed by atoms with Crippen LogP contribution < -0.4 is 0 Å².